The number of ether oxygens (including phenoxy) is 2. The predicted molar refractivity (Wildman–Crippen MR) is 95.7 cm³/mol. The largest absolute Gasteiger partial charge is 1.00 e. The Hall–Kier alpha value is 0.573. The van der Waals surface area contributed by atoms with Crippen molar-refractivity contribution in [3.8, 4) is 5.75 Å². The summed E-state index contributed by atoms with van der Waals surface area (Å²) in [6.07, 6.45) is 1.40. The molecule has 0 radical (unpaired) electrons. The molecule has 1 aromatic carbocycles. The Bertz CT molecular complexity index is 741. The van der Waals surface area contributed by atoms with Crippen LogP contribution in [0, 0.1) is 5.92 Å². The van der Waals surface area contributed by atoms with E-state index in [-0.39, 0.29) is 109 Å². The summed E-state index contributed by atoms with van der Waals surface area (Å²) in [7, 11) is 0. The van der Waals surface area contributed by atoms with Gasteiger partial charge in [0.2, 0.25) is 0 Å². The molecule has 0 fully saturated rings. The van der Waals surface area contributed by atoms with E-state index in [2.05, 4.69) is 19.1 Å². The molecule has 3 rings (SSSR count). The van der Waals surface area contributed by atoms with Gasteiger partial charge in [-0.05, 0) is 50.9 Å². The molecule has 0 aliphatic carbocycles. The third-order valence-electron chi connectivity index (χ3n) is 4.10. The molecule has 7 nitrogen and oxygen atoms in total. The Kier molecular flexibility index (Phi) is 13.5. The zero-order valence-electron chi connectivity index (χ0n) is 18.1. The van der Waals surface area contributed by atoms with Crippen LogP contribution in [0.4, 0.5) is 9.59 Å². The summed E-state index contributed by atoms with van der Waals surface area (Å²) in [6.45, 7) is 9.21. The molecule has 29 heavy (non-hydrogen) atoms. The maximum Gasteiger partial charge on any atom is 1.00 e. The number of hydrogen-bond acceptors (Lipinski definition) is 6. The van der Waals surface area contributed by atoms with Gasteiger partial charge >= 0.3 is 109 Å². The third-order valence-corrected chi connectivity index (χ3v) is 4.10. The second kappa shape index (κ2) is 13.2. The van der Waals surface area contributed by atoms with Gasteiger partial charge in [-0.1, -0.05) is 25.1 Å². The van der Waals surface area contributed by atoms with E-state index in [1.54, 1.807) is 4.90 Å². The molecular weight excluding hydrogens is 428 g/mol. The van der Waals surface area contributed by atoms with Crippen molar-refractivity contribution in [2.45, 2.75) is 46.1 Å². The summed E-state index contributed by atoms with van der Waals surface area (Å²) in [6, 6.07) is 6.16. The van der Waals surface area contributed by atoms with Crippen molar-refractivity contribution < 1.29 is 132 Å². The molecule has 0 saturated heterocycles. The van der Waals surface area contributed by atoms with Gasteiger partial charge in [0, 0.05) is 18.5 Å². The molecule has 0 aromatic heterocycles. The summed E-state index contributed by atoms with van der Waals surface area (Å²) in [5.74, 6) is 1.34. The minimum Gasteiger partial charge on any atom is -0.652 e. The number of benzene rings is 1. The van der Waals surface area contributed by atoms with Crippen LogP contribution in [0.3, 0.4) is 0 Å². The molecule has 0 N–H and O–H groups in total. The molecule has 0 unspecified atom stereocenters. The molecular formula is C20H25K2NO6. The topological polar surface area (TPSA) is 102 Å². The van der Waals surface area contributed by atoms with Gasteiger partial charge in [-0.2, -0.15) is 0 Å². The third kappa shape index (κ3) is 9.30. The van der Waals surface area contributed by atoms with Crippen molar-refractivity contribution in [1.29, 1.82) is 0 Å². The average molecular weight is 454 g/mol. The van der Waals surface area contributed by atoms with Crippen LogP contribution in [-0.4, -0.2) is 35.9 Å². The number of hydrogen-bond donors (Lipinski definition) is 0. The number of nitrogens with zero attached hydrogens (tertiary/aromatic N) is 1. The molecule has 2 aliphatic rings. The SMILES string of the molecule is C[C@H]1CC=C(c2cccc3c2OCC3)N(C(=O)OC(C)(C)C)C1.O=C([O-])[O-].[K+].[K+]. The molecule has 0 spiro atoms. The second-order valence-corrected chi connectivity index (χ2v) is 7.66. The maximum atomic E-state index is 12.7. The zero-order chi connectivity index (χ0) is 20.2. The minimum atomic E-state index is -2.33. The van der Waals surface area contributed by atoms with Gasteiger partial charge in [0.25, 0.3) is 0 Å². The Balaban J connectivity index is 0.00000120. The average Bonchev–Trinajstić information content (AvgIpc) is 3.01. The first-order valence-corrected chi connectivity index (χ1v) is 8.92. The Morgan fingerprint density at radius 3 is 2.41 bits per heavy atom. The number of carbonyl (C=O) groups is 2. The summed E-state index contributed by atoms with van der Waals surface area (Å²) >= 11 is 0. The summed E-state index contributed by atoms with van der Waals surface area (Å²) < 4.78 is 11.4. The van der Waals surface area contributed by atoms with Gasteiger partial charge in [-0.15, -0.1) is 0 Å². The van der Waals surface area contributed by atoms with Gasteiger partial charge in [0.1, 0.15) is 11.4 Å². The summed E-state index contributed by atoms with van der Waals surface area (Å²) in [5, 5.41) is 16.7. The molecule has 1 amide bonds. The smallest absolute Gasteiger partial charge is 0.652 e. The van der Waals surface area contributed by atoms with E-state index in [9.17, 15) is 4.79 Å². The van der Waals surface area contributed by atoms with Crippen LogP contribution in [0.15, 0.2) is 24.3 Å². The first-order chi connectivity index (χ1) is 12.6. The van der Waals surface area contributed by atoms with Crippen LogP contribution >= 0.6 is 0 Å². The monoisotopic (exact) mass is 453 g/mol. The molecule has 2 heterocycles. The predicted octanol–water partition coefficient (Wildman–Crippen LogP) is -4.20. The van der Waals surface area contributed by atoms with Crippen molar-refractivity contribution in [2.75, 3.05) is 13.2 Å². The van der Waals surface area contributed by atoms with Crippen molar-refractivity contribution in [1.82, 2.24) is 4.90 Å². The quantitative estimate of drug-likeness (QED) is 0.400. The first kappa shape index (κ1) is 29.6. The minimum absolute atomic E-state index is 0. The molecule has 1 atom stereocenters. The normalized spacial score (nSPS) is 17.2. The van der Waals surface area contributed by atoms with E-state index in [1.807, 2.05) is 32.9 Å². The Morgan fingerprint density at radius 2 is 1.83 bits per heavy atom. The van der Waals surface area contributed by atoms with Crippen molar-refractivity contribution in [2.24, 2.45) is 5.92 Å². The fraction of sp³-hybridized carbons (Fsp3) is 0.500. The van der Waals surface area contributed by atoms with Gasteiger partial charge in [-0.3, -0.25) is 4.90 Å². The number of carboxylic acid groups (broad SMARTS) is 2. The summed E-state index contributed by atoms with van der Waals surface area (Å²) in [5.41, 5.74) is 2.62. The second-order valence-electron chi connectivity index (χ2n) is 7.66. The Labute approximate surface area is 257 Å². The number of fused-ring (bicyclic) bond motifs is 1. The molecule has 1 aromatic rings. The number of rotatable bonds is 1. The van der Waals surface area contributed by atoms with E-state index in [1.165, 1.54) is 5.56 Å². The maximum absolute atomic E-state index is 12.7. The van der Waals surface area contributed by atoms with Gasteiger partial charge in [0.15, 0.2) is 0 Å². The zero-order valence-corrected chi connectivity index (χ0v) is 24.4. The van der Waals surface area contributed by atoms with E-state index in [4.69, 9.17) is 24.5 Å². The van der Waals surface area contributed by atoms with Crippen LogP contribution in [0.25, 0.3) is 5.70 Å². The van der Waals surface area contributed by atoms with Crippen LogP contribution in [0.1, 0.15) is 45.2 Å². The number of carbonyl (C=O) groups excluding carboxylic acids is 2. The van der Waals surface area contributed by atoms with Crippen molar-refractivity contribution in [3.63, 3.8) is 0 Å². The van der Waals surface area contributed by atoms with E-state index in [0.29, 0.717) is 19.1 Å². The number of allylic oxidation sites excluding steroid dienone is 1. The van der Waals surface area contributed by atoms with Crippen molar-refractivity contribution >= 4 is 17.9 Å². The van der Waals surface area contributed by atoms with Crippen LogP contribution in [-0.2, 0) is 11.2 Å². The standard InChI is InChI=1S/C19H25NO3.CH2O3.2K/c1-13-8-9-16(20(12-13)18(21)23-19(2,3)4)15-7-5-6-14-10-11-22-17(14)15;2-1(3)4;;/h5-7,9,13H,8,10-12H2,1-4H3;(H2,2,3,4);;/q;;2*+1/p-2/t13-;;;/m0.../s1. The van der Waals surface area contributed by atoms with Crippen LogP contribution in [0.2, 0.25) is 0 Å². The molecule has 9 heteroatoms. The van der Waals surface area contributed by atoms with E-state index >= 15 is 0 Å². The fourth-order valence-electron chi connectivity index (χ4n) is 3.07. The number of amides is 1. The molecule has 148 valence electrons. The van der Waals surface area contributed by atoms with Crippen LogP contribution < -0.4 is 118 Å². The van der Waals surface area contributed by atoms with Crippen molar-refractivity contribution in [3.05, 3.63) is 35.4 Å². The molecule has 2 aliphatic heterocycles. The van der Waals surface area contributed by atoms with Gasteiger partial charge < -0.3 is 24.5 Å². The number of para-hydroxylation sites is 1. The molecule has 0 bridgehead atoms. The Morgan fingerprint density at radius 1 is 1.21 bits per heavy atom. The first-order valence-electron chi connectivity index (χ1n) is 8.92. The summed E-state index contributed by atoms with van der Waals surface area (Å²) in [4.78, 5) is 22.8. The molecule has 0 saturated carbocycles. The fourth-order valence-corrected chi connectivity index (χ4v) is 3.07. The van der Waals surface area contributed by atoms with E-state index in [0.717, 1.165) is 29.9 Å². The van der Waals surface area contributed by atoms with Gasteiger partial charge in [-0.25, -0.2) is 4.79 Å². The van der Waals surface area contributed by atoms with E-state index < -0.39 is 11.8 Å². The van der Waals surface area contributed by atoms with Gasteiger partial charge in [0.05, 0.1) is 12.3 Å². The van der Waals surface area contributed by atoms with Crippen LogP contribution in [0.5, 0.6) is 5.75 Å².